The first-order valence-electron chi connectivity index (χ1n) is 5.96. The lowest BCUT2D eigenvalue weighted by Crippen LogP contribution is -1.97. The van der Waals surface area contributed by atoms with Crippen LogP contribution >= 0.6 is 0 Å². The Morgan fingerprint density at radius 2 is 0.750 bits per heavy atom. The Morgan fingerprint density at radius 1 is 0.562 bits per heavy atom. The van der Waals surface area contributed by atoms with E-state index >= 15 is 0 Å². The van der Waals surface area contributed by atoms with E-state index in [1.807, 2.05) is 27.7 Å². The maximum atomic E-state index is 4.03. The second-order valence-corrected chi connectivity index (χ2v) is 4.31. The summed E-state index contributed by atoms with van der Waals surface area (Å²) in [6, 6.07) is 0. The van der Waals surface area contributed by atoms with Gasteiger partial charge in [0.25, 0.3) is 0 Å². The molecule has 0 saturated carbocycles. The summed E-state index contributed by atoms with van der Waals surface area (Å²) in [5.41, 5.74) is 7.36. The van der Waals surface area contributed by atoms with Gasteiger partial charge in [-0.15, -0.1) is 0 Å². The lowest BCUT2D eigenvalue weighted by molar-refractivity contribution is 1.18. The van der Waals surface area contributed by atoms with Crippen molar-refractivity contribution in [2.75, 3.05) is 0 Å². The molecule has 92 valence electrons. The normalized spacial score (nSPS) is 8.50. The molecule has 0 amide bonds. The highest BCUT2D eigenvalue weighted by Gasteiger charge is 2.10. The van der Waals surface area contributed by atoms with Gasteiger partial charge in [0.1, 0.15) is 0 Å². The molecular weight excluding hydrogens is 192 g/mol. The van der Waals surface area contributed by atoms with E-state index in [2.05, 4.69) is 40.9 Å². The molecular formula is C16H28. The Bertz CT molecular complexity index is 280. The molecule has 0 nitrogen and oxygen atoms in total. The second kappa shape index (κ2) is 8.15. The van der Waals surface area contributed by atoms with Crippen LogP contribution in [0.3, 0.4) is 0 Å². The van der Waals surface area contributed by atoms with Crippen LogP contribution in [0.25, 0.3) is 0 Å². The predicted octanol–water partition coefficient (Wildman–Crippen LogP) is 5.84. The summed E-state index contributed by atoms with van der Waals surface area (Å²) in [5.74, 6) is 0. The van der Waals surface area contributed by atoms with Gasteiger partial charge in [0.15, 0.2) is 0 Å². The first-order chi connectivity index (χ1) is 7.29. The number of allylic oxidation sites excluding steroid dienone is 6. The SMILES string of the molecule is C=C(C)C(=C(C)C)C(C(=C)C)=C(C)C.CC. The lowest BCUT2D eigenvalue weighted by Gasteiger charge is -2.16. The van der Waals surface area contributed by atoms with E-state index in [1.54, 1.807) is 0 Å². The van der Waals surface area contributed by atoms with Gasteiger partial charge >= 0.3 is 0 Å². The van der Waals surface area contributed by atoms with Crippen LogP contribution in [0.15, 0.2) is 46.6 Å². The third-order valence-corrected chi connectivity index (χ3v) is 2.10. The minimum atomic E-state index is 1.12. The third-order valence-electron chi connectivity index (χ3n) is 2.10. The van der Waals surface area contributed by atoms with Gasteiger partial charge < -0.3 is 0 Å². The molecule has 0 heteroatoms. The topological polar surface area (TPSA) is 0 Å². The first kappa shape index (κ1) is 17.4. The fourth-order valence-corrected chi connectivity index (χ4v) is 1.78. The van der Waals surface area contributed by atoms with Crippen molar-refractivity contribution >= 4 is 0 Å². The fraction of sp³-hybridized carbons (Fsp3) is 0.500. The van der Waals surface area contributed by atoms with Gasteiger partial charge in [-0.25, -0.2) is 0 Å². The van der Waals surface area contributed by atoms with Crippen LogP contribution in [0.5, 0.6) is 0 Å². The molecule has 0 bridgehead atoms. The van der Waals surface area contributed by atoms with Crippen molar-refractivity contribution in [1.82, 2.24) is 0 Å². The molecule has 0 aromatic heterocycles. The smallest absolute Gasteiger partial charge is 0.0172 e. The molecule has 0 heterocycles. The van der Waals surface area contributed by atoms with Crippen LogP contribution in [0, 0.1) is 0 Å². The van der Waals surface area contributed by atoms with Crippen LogP contribution in [0.1, 0.15) is 55.4 Å². The van der Waals surface area contributed by atoms with E-state index in [1.165, 1.54) is 22.3 Å². The summed E-state index contributed by atoms with van der Waals surface area (Å²) in [7, 11) is 0. The molecule has 0 aliphatic carbocycles. The summed E-state index contributed by atoms with van der Waals surface area (Å²) in [5, 5.41) is 0. The fourth-order valence-electron chi connectivity index (χ4n) is 1.78. The number of hydrogen-bond acceptors (Lipinski definition) is 0. The Hall–Kier alpha value is -1.04. The van der Waals surface area contributed by atoms with Crippen molar-refractivity contribution < 1.29 is 0 Å². The van der Waals surface area contributed by atoms with Crippen molar-refractivity contribution in [1.29, 1.82) is 0 Å². The Morgan fingerprint density at radius 3 is 0.812 bits per heavy atom. The van der Waals surface area contributed by atoms with E-state index in [-0.39, 0.29) is 0 Å². The average Bonchev–Trinajstić information content (AvgIpc) is 2.14. The molecule has 0 rings (SSSR count). The molecule has 0 aliphatic heterocycles. The van der Waals surface area contributed by atoms with Crippen molar-refractivity contribution in [2.45, 2.75) is 55.4 Å². The third kappa shape index (κ3) is 5.16. The summed E-state index contributed by atoms with van der Waals surface area (Å²) in [6.07, 6.45) is 0. The Balaban J connectivity index is 0. The standard InChI is InChI=1S/C14H22.C2H6/c1-9(2)13(10(3)4)14(11(5)6)12(7)8;1-2/h1,5H2,2-4,6-8H3;1-2H3. The van der Waals surface area contributed by atoms with E-state index in [9.17, 15) is 0 Å². The summed E-state index contributed by atoms with van der Waals surface area (Å²) in [4.78, 5) is 0. The second-order valence-electron chi connectivity index (χ2n) is 4.31. The monoisotopic (exact) mass is 220 g/mol. The van der Waals surface area contributed by atoms with Crippen molar-refractivity contribution in [3.05, 3.63) is 46.6 Å². The summed E-state index contributed by atoms with van der Waals surface area (Å²) < 4.78 is 0. The minimum absolute atomic E-state index is 1.12. The van der Waals surface area contributed by atoms with Gasteiger partial charge in [-0.05, 0) is 52.7 Å². The van der Waals surface area contributed by atoms with Crippen LogP contribution in [-0.4, -0.2) is 0 Å². The van der Waals surface area contributed by atoms with E-state index in [4.69, 9.17) is 0 Å². The van der Waals surface area contributed by atoms with Gasteiger partial charge in [-0.2, -0.15) is 0 Å². The van der Waals surface area contributed by atoms with Gasteiger partial charge in [-0.1, -0.05) is 49.3 Å². The van der Waals surface area contributed by atoms with E-state index < -0.39 is 0 Å². The number of hydrogen-bond donors (Lipinski definition) is 0. The maximum Gasteiger partial charge on any atom is -0.0172 e. The first-order valence-corrected chi connectivity index (χ1v) is 5.96. The molecule has 0 aliphatic rings. The van der Waals surface area contributed by atoms with Crippen molar-refractivity contribution in [2.24, 2.45) is 0 Å². The molecule has 16 heavy (non-hydrogen) atoms. The predicted molar refractivity (Wildman–Crippen MR) is 77.7 cm³/mol. The van der Waals surface area contributed by atoms with Crippen LogP contribution in [0.2, 0.25) is 0 Å². The molecule has 0 radical (unpaired) electrons. The van der Waals surface area contributed by atoms with Crippen molar-refractivity contribution in [3.63, 3.8) is 0 Å². The molecule has 0 saturated heterocycles. The van der Waals surface area contributed by atoms with E-state index in [0.29, 0.717) is 0 Å². The molecule has 0 aromatic rings. The molecule has 0 spiro atoms. The lowest BCUT2D eigenvalue weighted by atomic mass is 9.89. The van der Waals surface area contributed by atoms with Gasteiger partial charge in [0, 0.05) is 0 Å². The Labute approximate surface area is 102 Å². The van der Waals surface area contributed by atoms with Crippen molar-refractivity contribution in [3.8, 4) is 0 Å². The average molecular weight is 220 g/mol. The molecule has 0 N–H and O–H groups in total. The van der Waals surface area contributed by atoms with Gasteiger partial charge in [0.05, 0.1) is 0 Å². The van der Waals surface area contributed by atoms with Crippen LogP contribution in [0.4, 0.5) is 0 Å². The summed E-state index contributed by atoms with van der Waals surface area (Å²) >= 11 is 0. The minimum Gasteiger partial charge on any atom is -0.0955 e. The Kier molecular flexibility index (Phi) is 8.84. The van der Waals surface area contributed by atoms with Gasteiger partial charge in [0.2, 0.25) is 0 Å². The zero-order valence-corrected chi connectivity index (χ0v) is 12.4. The highest BCUT2D eigenvalue weighted by Crippen LogP contribution is 2.29. The summed E-state index contributed by atoms with van der Waals surface area (Å²) in [6.45, 7) is 24.6. The molecule has 0 fully saturated rings. The van der Waals surface area contributed by atoms with Gasteiger partial charge in [-0.3, -0.25) is 0 Å². The maximum absolute atomic E-state index is 4.03. The molecule has 0 aromatic carbocycles. The number of rotatable bonds is 3. The quantitative estimate of drug-likeness (QED) is 0.524. The highest BCUT2D eigenvalue weighted by atomic mass is 14.1. The highest BCUT2D eigenvalue weighted by molar-refractivity contribution is 5.56. The zero-order valence-electron chi connectivity index (χ0n) is 12.4. The largest absolute Gasteiger partial charge is 0.0955 e. The van der Waals surface area contributed by atoms with Crippen LogP contribution in [-0.2, 0) is 0 Å². The molecule has 0 atom stereocenters. The zero-order chi connectivity index (χ0) is 13.5. The molecule has 0 unspecified atom stereocenters. The van der Waals surface area contributed by atoms with Crippen LogP contribution < -0.4 is 0 Å². The van der Waals surface area contributed by atoms with E-state index in [0.717, 1.165) is 11.1 Å².